The number of ketones is 1. The molecule has 2 N–H and O–H groups in total. The summed E-state index contributed by atoms with van der Waals surface area (Å²) in [4.78, 5) is 13.8. The smallest absolute Gasteiger partial charge is 0.289 e. The Balaban J connectivity index is 1.84. The van der Waals surface area contributed by atoms with Crippen LogP contribution in [0.2, 0.25) is 0 Å². The van der Waals surface area contributed by atoms with E-state index in [0.717, 1.165) is 14.8 Å². The summed E-state index contributed by atoms with van der Waals surface area (Å²) >= 11 is 4.45. The number of aromatic nitrogens is 2. The molecule has 0 saturated heterocycles. The van der Waals surface area contributed by atoms with Crippen molar-refractivity contribution in [1.82, 2.24) is 5.10 Å². The number of hydrogen-bond donors (Lipinski definition) is 1. The van der Waals surface area contributed by atoms with E-state index in [4.69, 9.17) is 5.73 Å². The van der Waals surface area contributed by atoms with Gasteiger partial charge in [-0.3, -0.25) is 10.5 Å². The van der Waals surface area contributed by atoms with Crippen LogP contribution in [0.4, 0.5) is 5.13 Å². The third-order valence-electron chi connectivity index (χ3n) is 2.49. The maximum absolute atomic E-state index is 12.0. The molecule has 0 spiro atoms. The number of nitrogens with zero attached hydrogens (tertiary/aromatic N) is 2. The van der Waals surface area contributed by atoms with Crippen LogP contribution in [0.1, 0.15) is 9.67 Å². The van der Waals surface area contributed by atoms with Crippen molar-refractivity contribution in [2.24, 2.45) is 0 Å². The molecule has 0 aliphatic carbocycles. The standard InChI is InChI=1S/C12H9N3OS3/c13-12-15(7-8(16)9-3-1-5-17-9)14-11(19-12)10-4-2-6-18-10/h1-6,13H,7H2/p+1. The molecule has 3 heterocycles. The molecule has 3 rings (SSSR count). The number of carbonyl (C=O) groups is 1. The summed E-state index contributed by atoms with van der Waals surface area (Å²) in [5.74, 6) is 0.0368. The molecule has 3 aromatic rings. The van der Waals surface area contributed by atoms with Crippen molar-refractivity contribution in [2.45, 2.75) is 6.54 Å². The lowest BCUT2D eigenvalue weighted by Crippen LogP contribution is -2.41. The average molecular weight is 308 g/mol. The lowest BCUT2D eigenvalue weighted by molar-refractivity contribution is -0.722. The van der Waals surface area contributed by atoms with Crippen molar-refractivity contribution in [3.8, 4) is 9.88 Å². The van der Waals surface area contributed by atoms with Crippen molar-refractivity contribution < 1.29 is 9.48 Å². The molecule has 0 radical (unpaired) electrons. The topological polar surface area (TPSA) is 59.9 Å². The van der Waals surface area contributed by atoms with Gasteiger partial charge in [-0.2, -0.15) is 0 Å². The largest absolute Gasteiger partial charge is 0.355 e. The van der Waals surface area contributed by atoms with E-state index in [2.05, 4.69) is 5.10 Å². The van der Waals surface area contributed by atoms with Crippen molar-refractivity contribution in [2.75, 3.05) is 5.73 Å². The molecular weight excluding hydrogens is 298 g/mol. The Morgan fingerprint density at radius 3 is 2.74 bits per heavy atom. The molecule has 3 aromatic heterocycles. The Hall–Kier alpha value is -1.57. The van der Waals surface area contributed by atoms with Crippen LogP contribution in [0.25, 0.3) is 9.88 Å². The number of Topliss-reactive ketones (excluding diaryl/α,β-unsaturated/α-hetero) is 1. The zero-order valence-corrected chi connectivity index (χ0v) is 12.2. The molecule has 0 fully saturated rings. The van der Waals surface area contributed by atoms with Crippen LogP contribution in [-0.2, 0) is 6.54 Å². The fraction of sp³-hybridized carbons (Fsp3) is 0.0833. The van der Waals surface area contributed by atoms with Crippen LogP contribution in [0.15, 0.2) is 35.0 Å². The highest BCUT2D eigenvalue weighted by Gasteiger charge is 2.20. The molecule has 0 aromatic carbocycles. The highest BCUT2D eigenvalue weighted by atomic mass is 32.1. The van der Waals surface area contributed by atoms with Gasteiger partial charge in [0.1, 0.15) is 0 Å². The number of anilines is 1. The lowest BCUT2D eigenvalue weighted by atomic mass is 10.3. The van der Waals surface area contributed by atoms with Crippen LogP contribution >= 0.6 is 34.0 Å². The highest BCUT2D eigenvalue weighted by molar-refractivity contribution is 7.22. The molecule has 0 unspecified atom stereocenters. The predicted octanol–water partition coefficient (Wildman–Crippen LogP) is 2.69. The van der Waals surface area contributed by atoms with Crippen molar-refractivity contribution >= 4 is 44.9 Å². The Kier molecular flexibility index (Phi) is 3.41. The van der Waals surface area contributed by atoms with Gasteiger partial charge in [0, 0.05) is 0 Å². The third-order valence-corrected chi connectivity index (χ3v) is 5.32. The fourth-order valence-corrected chi connectivity index (χ4v) is 3.84. The minimum atomic E-state index is 0.0368. The maximum Gasteiger partial charge on any atom is 0.355 e. The molecule has 7 heteroatoms. The number of rotatable bonds is 4. The number of nitrogens with two attached hydrogens (primary N) is 1. The van der Waals surface area contributed by atoms with E-state index >= 15 is 0 Å². The average Bonchev–Trinajstić information content (AvgIpc) is 3.09. The number of hydrogen-bond acceptors (Lipinski definition) is 6. The van der Waals surface area contributed by atoms with E-state index in [1.165, 1.54) is 22.7 Å². The Morgan fingerprint density at radius 2 is 2.05 bits per heavy atom. The van der Waals surface area contributed by atoms with Gasteiger partial charge in [-0.1, -0.05) is 17.2 Å². The summed E-state index contributed by atoms with van der Waals surface area (Å²) in [6.07, 6.45) is 0. The number of carbonyl (C=O) groups excluding carboxylic acids is 1. The quantitative estimate of drug-likeness (QED) is 0.595. The first-order valence-corrected chi connectivity index (χ1v) is 8.08. The zero-order valence-electron chi connectivity index (χ0n) is 9.78. The second-order valence-corrected chi connectivity index (χ2v) is 6.69. The molecular formula is C12H10N3OS3+. The third kappa shape index (κ3) is 2.58. The summed E-state index contributed by atoms with van der Waals surface area (Å²) in [7, 11) is 0. The molecule has 0 atom stereocenters. The van der Waals surface area contributed by atoms with E-state index in [1.807, 2.05) is 35.0 Å². The Morgan fingerprint density at radius 1 is 1.26 bits per heavy atom. The molecule has 0 amide bonds. The minimum Gasteiger partial charge on any atom is -0.289 e. The summed E-state index contributed by atoms with van der Waals surface area (Å²) in [5.41, 5.74) is 5.92. The van der Waals surface area contributed by atoms with E-state index in [0.29, 0.717) is 5.13 Å². The van der Waals surface area contributed by atoms with Gasteiger partial charge in [-0.25, -0.2) is 0 Å². The minimum absolute atomic E-state index is 0.0368. The zero-order chi connectivity index (χ0) is 13.2. The van der Waals surface area contributed by atoms with Gasteiger partial charge < -0.3 is 0 Å². The summed E-state index contributed by atoms with van der Waals surface area (Å²) in [6, 6.07) is 7.65. The van der Waals surface area contributed by atoms with Gasteiger partial charge in [-0.15, -0.1) is 27.4 Å². The Bertz CT molecular complexity index is 686. The summed E-state index contributed by atoms with van der Waals surface area (Å²) in [5, 5.41) is 9.69. The molecule has 0 aliphatic rings. The van der Waals surface area contributed by atoms with Crippen LogP contribution < -0.4 is 10.4 Å². The normalized spacial score (nSPS) is 10.7. The van der Waals surface area contributed by atoms with Crippen LogP contribution in [-0.4, -0.2) is 10.9 Å². The van der Waals surface area contributed by atoms with E-state index < -0.39 is 0 Å². The fourth-order valence-electron chi connectivity index (χ4n) is 1.60. The van der Waals surface area contributed by atoms with Crippen molar-refractivity contribution in [1.29, 1.82) is 0 Å². The van der Waals surface area contributed by atoms with Gasteiger partial charge in [0.05, 0.1) is 9.75 Å². The summed E-state index contributed by atoms with van der Waals surface area (Å²) in [6.45, 7) is 0.189. The van der Waals surface area contributed by atoms with Gasteiger partial charge in [-0.05, 0) is 34.2 Å². The second-order valence-electron chi connectivity index (χ2n) is 3.78. The molecule has 96 valence electrons. The molecule has 19 heavy (non-hydrogen) atoms. The lowest BCUT2D eigenvalue weighted by Gasteiger charge is -1.93. The molecule has 4 nitrogen and oxygen atoms in total. The highest BCUT2D eigenvalue weighted by Crippen LogP contribution is 2.27. The SMILES string of the molecule is Nc1sc(-c2cccs2)n[n+]1CC(=O)c1cccs1. The van der Waals surface area contributed by atoms with Crippen molar-refractivity contribution in [3.63, 3.8) is 0 Å². The van der Waals surface area contributed by atoms with E-state index in [-0.39, 0.29) is 12.3 Å². The summed E-state index contributed by atoms with van der Waals surface area (Å²) < 4.78 is 1.57. The first-order chi connectivity index (χ1) is 9.24. The molecule has 0 bridgehead atoms. The molecule has 0 aliphatic heterocycles. The first-order valence-electron chi connectivity index (χ1n) is 5.51. The number of nitrogen functional groups attached to an aromatic ring is 1. The molecule has 0 saturated carbocycles. The monoisotopic (exact) mass is 308 g/mol. The Labute approximate surface area is 121 Å². The van der Waals surface area contributed by atoms with Gasteiger partial charge >= 0.3 is 5.13 Å². The van der Waals surface area contributed by atoms with E-state index in [1.54, 1.807) is 16.0 Å². The van der Waals surface area contributed by atoms with Crippen molar-refractivity contribution in [3.05, 3.63) is 39.9 Å². The van der Waals surface area contributed by atoms with Crippen LogP contribution in [0.5, 0.6) is 0 Å². The maximum atomic E-state index is 12.0. The number of thiophene rings is 2. The van der Waals surface area contributed by atoms with Crippen LogP contribution in [0.3, 0.4) is 0 Å². The predicted molar refractivity (Wildman–Crippen MR) is 78.7 cm³/mol. The first kappa shape index (κ1) is 12.5. The van der Waals surface area contributed by atoms with E-state index in [9.17, 15) is 4.79 Å². The van der Waals surface area contributed by atoms with Crippen LogP contribution in [0, 0.1) is 0 Å². The van der Waals surface area contributed by atoms with Gasteiger partial charge in [0.25, 0.3) is 0 Å². The second kappa shape index (κ2) is 5.20. The van der Waals surface area contributed by atoms with Gasteiger partial charge in [0.15, 0.2) is 11.6 Å². The van der Waals surface area contributed by atoms with Gasteiger partial charge in [0.2, 0.25) is 5.78 Å².